The molecule has 0 amide bonds. The van der Waals surface area contributed by atoms with Crippen LogP contribution in [0.1, 0.15) is 25.7 Å². The van der Waals surface area contributed by atoms with Crippen molar-refractivity contribution in [2.45, 2.75) is 82.2 Å². The first kappa shape index (κ1) is 33.1. The van der Waals surface area contributed by atoms with E-state index in [1.807, 2.05) is 0 Å². The molecule has 2 saturated heterocycles. The predicted octanol–water partition coefficient (Wildman–Crippen LogP) is 4.18. The zero-order valence-electron chi connectivity index (χ0n) is 24.7. The van der Waals surface area contributed by atoms with Gasteiger partial charge in [0, 0.05) is 33.0 Å². The Labute approximate surface area is 239 Å². The summed E-state index contributed by atoms with van der Waals surface area (Å²) in [6.45, 7) is 15.2. The summed E-state index contributed by atoms with van der Waals surface area (Å²) in [6, 6.07) is 13.6. The normalized spacial score (nSPS) is 20.6. The number of rotatable bonds is 24. The molecular formula is C28H52O8Si3. The lowest BCUT2D eigenvalue weighted by Crippen LogP contribution is -2.63. The van der Waals surface area contributed by atoms with Gasteiger partial charge in [-0.3, -0.25) is 0 Å². The first-order chi connectivity index (χ1) is 18.7. The van der Waals surface area contributed by atoms with Gasteiger partial charge >= 0.3 is 8.56 Å². The molecule has 1 aromatic carbocycles. The molecule has 0 aromatic heterocycles. The molecule has 1 N–H and O–H groups in total. The molecule has 224 valence electrons. The SMILES string of the molecule is C[Si](C)(CCCOCCCO)O[Si](CCCOCC1CO1)(O[Si](C)(C)CCCOCC1CO1)c1ccccc1. The Balaban J connectivity index is 1.67. The molecule has 0 radical (unpaired) electrons. The zero-order chi connectivity index (χ0) is 28.0. The quantitative estimate of drug-likeness (QED) is 0.107. The van der Waals surface area contributed by atoms with E-state index in [9.17, 15) is 0 Å². The van der Waals surface area contributed by atoms with Crippen molar-refractivity contribution in [1.29, 1.82) is 0 Å². The van der Waals surface area contributed by atoms with Crippen LogP contribution in [-0.2, 0) is 31.9 Å². The first-order valence-corrected chi connectivity index (χ1v) is 23.0. The minimum Gasteiger partial charge on any atom is -0.433 e. The maximum Gasteiger partial charge on any atom is 0.352 e. The van der Waals surface area contributed by atoms with Crippen LogP contribution in [0, 0.1) is 0 Å². The molecule has 0 spiro atoms. The maximum atomic E-state index is 8.99. The number of aliphatic hydroxyl groups excluding tert-OH is 1. The van der Waals surface area contributed by atoms with Gasteiger partial charge in [-0.25, -0.2) is 0 Å². The molecule has 39 heavy (non-hydrogen) atoms. The molecule has 1 aromatic rings. The summed E-state index contributed by atoms with van der Waals surface area (Å²) in [6.07, 6.45) is 4.11. The van der Waals surface area contributed by atoms with Crippen molar-refractivity contribution >= 4 is 30.4 Å². The Morgan fingerprint density at radius 3 is 1.64 bits per heavy atom. The second-order valence-electron chi connectivity index (χ2n) is 11.9. The van der Waals surface area contributed by atoms with Gasteiger partial charge in [0.1, 0.15) is 12.2 Å². The summed E-state index contributed by atoms with van der Waals surface area (Å²) >= 11 is 0. The fourth-order valence-electron chi connectivity index (χ4n) is 4.71. The van der Waals surface area contributed by atoms with Crippen molar-refractivity contribution < 1.29 is 37.0 Å². The van der Waals surface area contributed by atoms with Gasteiger partial charge in [0.2, 0.25) is 0 Å². The molecule has 2 aliphatic rings. The monoisotopic (exact) mass is 600 g/mol. The molecule has 0 aliphatic carbocycles. The van der Waals surface area contributed by atoms with Gasteiger partial charge in [-0.2, -0.15) is 0 Å². The van der Waals surface area contributed by atoms with Crippen molar-refractivity contribution in [2.24, 2.45) is 0 Å². The summed E-state index contributed by atoms with van der Waals surface area (Å²) in [5.41, 5.74) is 0. The van der Waals surface area contributed by atoms with Crippen LogP contribution in [-0.4, -0.2) is 102 Å². The molecule has 2 aliphatic heterocycles. The Bertz CT molecular complexity index is 792. The van der Waals surface area contributed by atoms with Gasteiger partial charge in [0.05, 0.1) is 26.4 Å². The summed E-state index contributed by atoms with van der Waals surface area (Å²) in [5, 5.41) is 10.2. The molecule has 11 heteroatoms. The number of hydrogen-bond donors (Lipinski definition) is 1. The van der Waals surface area contributed by atoms with Gasteiger partial charge in [-0.1, -0.05) is 30.3 Å². The Morgan fingerprint density at radius 2 is 1.15 bits per heavy atom. The summed E-state index contributed by atoms with van der Waals surface area (Å²) in [5.74, 6) is 0. The fraction of sp³-hybridized carbons (Fsp3) is 0.786. The van der Waals surface area contributed by atoms with E-state index in [4.69, 9.17) is 37.0 Å². The van der Waals surface area contributed by atoms with E-state index >= 15 is 0 Å². The highest BCUT2D eigenvalue weighted by molar-refractivity contribution is 6.95. The third-order valence-electron chi connectivity index (χ3n) is 6.88. The fourth-order valence-corrected chi connectivity index (χ4v) is 18.6. The molecule has 0 saturated carbocycles. The number of benzene rings is 1. The highest BCUT2D eigenvalue weighted by Crippen LogP contribution is 2.30. The molecule has 3 atom stereocenters. The lowest BCUT2D eigenvalue weighted by molar-refractivity contribution is 0.115. The van der Waals surface area contributed by atoms with Gasteiger partial charge < -0.3 is 37.0 Å². The zero-order valence-corrected chi connectivity index (χ0v) is 27.7. The number of hydrogen-bond acceptors (Lipinski definition) is 8. The first-order valence-electron chi connectivity index (χ1n) is 14.8. The molecular weight excluding hydrogens is 549 g/mol. The second kappa shape index (κ2) is 16.9. The van der Waals surface area contributed by atoms with E-state index in [1.54, 1.807) is 0 Å². The van der Waals surface area contributed by atoms with Gasteiger partial charge in [-0.15, -0.1) is 0 Å². The van der Waals surface area contributed by atoms with E-state index < -0.39 is 25.2 Å². The van der Waals surface area contributed by atoms with Crippen LogP contribution in [0.5, 0.6) is 0 Å². The van der Waals surface area contributed by atoms with Gasteiger partial charge in [-0.05, 0) is 75.2 Å². The molecule has 2 heterocycles. The van der Waals surface area contributed by atoms with Gasteiger partial charge in [0.15, 0.2) is 16.6 Å². The summed E-state index contributed by atoms with van der Waals surface area (Å²) in [7, 11) is -6.94. The average Bonchev–Trinajstić information content (AvgIpc) is 3.82. The van der Waals surface area contributed by atoms with E-state index in [1.165, 1.54) is 5.19 Å². The lowest BCUT2D eigenvalue weighted by Gasteiger charge is -2.43. The second-order valence-corrected chi connectivity index (χ2v) is 24.2. The van der Waals surface area contributed by atoms with Crippen molar-refractivity contribution in [3.8, 4) is 0 Å². The maximum absolute atomic E-state index is 8.99. The number of aliphatic hydroxyl groups is 1. The molecule has 3 unspecified atom stereocenters. The van der Waals surface area contributed by atoms with E-state index in [2.05, 4.69) is 56.5 Å². The summed E-state index contributed by atoms with van der Waals surface area (Å²) in [4.78, 5) is 0. The number of ether oxygens (including phenoxy) is 5. The van der Waals surface area contributed by atoms with Crippen LogP contribution in [0.3, 0.4) is 0 Å². The lowest BCUT2D eigenvalue weighted by atomic mass is 10.4. The standard InChI is InChI=1S/C28H52O8Si3/c1-37(2,19-9-16-30-15-8-14-29)35-39(28-12-6-5-7-13-28,21-11-18-32-23-27-25-34-27)36-38(3,4)20-10-17-31-22-26-24-33-26/h5-7,12-13,26-27,29H,8-11,14-25H2,1-4H3. The van der Waals surface area contributed by atoms with Crippen LogP contribution in [0.25, 0.3) is 0 Å². The smallest absolute Gasteiger partial charge is 0.352 e. The third-order valence-corrected chi connectivity index (χ3v) is 19.3. The molecule has 0 bridgehead atoms. The molecule has 2 fully saturated rings. The predicted molar refractivity (Wildman–Crippen MR) is 161 cm³/mol. The third kappa shape index (κ3) is 13.8. The van der Waals surface area contributed by atoms with Crippen LogP contribution in [0.4, 0.5) is 0 Å². The van der Waals surface area contributed by atoms with E-state index in [-0.39, 0.29) is 12.7 Å². The minimum absolute atomic E-state index is 0.171. The van der Waals surface area contributed by atoms with Crippen molar-refractivity contribution in [1.82, 2.24) is 0 Å². The Kier molecular flexibility index (Phi) is 14.3. The van der Waals surface area contributed by atoms with Crippen molar-refractivity contribution in [2.75, 3.05) is 59.5 Å². The molecule has 8 nitrogen and oxygen atoms in total. The average molecular weight is 601 g/mol. The Hall–Kier alpha value is -0.449. The van der Waals surface area contributed by atoms with Crippen LogP contribution >= 0.6 is 0 Å². The molecule has 3 rings (SSSR count). The van der Waals surface area contributed by atoms with Crippen molar-refractivity contribution in [3.63, 3.8) is 0 Å². The highest BCUT2D eigenvalue weighted by atomic mass is 28.5. The van der Waals surface area contributed by atoms with Crippen LogP contribution < -0.4 is 5.19 Å². The number of epoxide rings is 2. The van der Waals surface area contributed by atoms with E-state index in [0.717, 1.165) is 57.2 Å². The Morgan fingerprint density at radius 1 is 0.692 bits per heavy atom. The van der Waals surface area contributed by atoms with Gasteiger partial charge in [0.25, 0.3) is 0 Å². The summed E-state index contributed by atoms with van der Waals surface area (Å²) < 4.78 is 42.7. The van der Waals surface area contributed by atoms with Crippen LogP contribution in [0.15, 0.2) is 30.3 Å². The van der Waals surface area contributed by atoms with E-state index in [0.29, 0.717) is 45.6 Å². The minimum atomic E-state index is -2.78. The highest BCUT2D eigenvalue weighted by Gasteiger charge is 2.48. The topological polar surface area (TPSA) is 91.4 Å². The largest absolute Gasteiger partial charge is 0.433 e. The van der Waals surface area contributed by atoms with Crippen LogP contribution in [0.2, 0.25) is 44.3 Å². The van der Waals surface area contributed by atoms with Crippen molar-refractivity contribution in [3.05, 3.63) is 30.3 Å².